The molecule has 0 aromatic carbocycles. The topological polar surface area (TPSA) is 79.5 Å². The van der Waals surface area contributed by atoms with Crippen molar-refractivity contribution in [3.8, 4) is 0 Å². The third-order valence-corrected chi connectivity index (χ3v) is 2.12. The number of carbonyl (C=O) groups excluding carboxylic acids is 2. The van der Waals surface area contributed by atoms with E-state index in [-0.39, 0.29) is 38.1 Å². The molecule has 0 aromatic rings. The van der Waals surface area contributed by atoms with E-state index < -0.39 is 19.1 Å². The van der Waals surface area contributed by atoms with Crippen LogP contribution in [-0.2, 0) is 14.3 Å². The van der Waals surface area contributed by atoms with E-state index in [0.717, 1.165) is 0 Å². The second kappa shape index (κ2) is 7.13. The van der Waals surface area contributed by atoms with E-state index in [0.29, 0.717) is 0 Å². The van der Waals surface area contributed by atoms with Crippen molar-refractivity contribution in [1.29, 1.82) is 0 Å². The van der Waals surface area contributed by atoms with Crippen LogP contribution in [0.1, 0.15) is 0 Å². The lowest BCUT2D eigenvalue weighted by Crippen LogP contribution is -2.58. The fourth-order valence-electron chi connectivity index (χ4n) is 1.29. The van der Waals surface area contributed by atoms with E-state index in [2.05, 4.69) is 20.7 Å². The summed E-state index contributed by atoms with van der Waals surface area (Å²) < 4.78 is 28.0. The molecule has 1 fully saturated rings. The Labute approximate surface area is 97.1 Å². The average Bonchev–Trinajstić information content (AvgIpc) is 2.29. The number of amides is 2. The van der Waals surface area contributed by atoms with Crippen molar-refractivity contribution in [2.75, 3.05) is 32.8 Å². The van der Waals surface area contributed by atoms with Gasteiger partial charge in [0, 0.05) is 13.1 Å². The van der Waals surface area contributed by atoms with Crippen LogP contribution in [0, 0.1) is 0 Å². The molecule has 0 bridgehead atoms. The minimum absolute atomic E-state index is 0.0369. The Morgan fingerprint density at radius 1 is 1.59 bits per heavy atom. The van der Waals surface area contributed by atoms with Gasteiger partial charge >= 0.3 is 0 Å². The highest BCUT2D eigenvalue weighted by atomic mass is 19.3. The summed E-state index contributed by atoms with van der Waals surface area (Å²) in [7, 11) is 0. The van der Waals surface area contributed by atoms with Crippen molar-refractivity contribution in [3.05, 3.63) is 0 Å². The fourth-order valence-corrected chi connectivity index (χ4v) is 1.29. The van der Waals surface area contributed by atoms with Gasteiger partial charge in [0.1, 0.15) is 12.6 Å². The zero-order valence-electron chi connectivity index (χ0n) is 9.17. The maximum absolute atomic E-state index is 11.7. The van der Waals surface area contributed by atoms with Gasteiger partial charge in [-0.1, -0.05) is 0 Å². The summed E-state index contributed by atoms with van der Waals surface area (Å²) in [6.07, 6.45) is -2.50. The predicted octanol–water partition coefficient (Wildman–Crippen LogP) is -1.53. The van der Waals surface area contributed by atoms with Crippen LogP contribution in [0.3, 0.4) is 0 Å². The Balaban J connectivity index is 2.06. The van der Waals surface area contributed by atoms with Gasteiger partial charge in [-0.15, -0.1) is 0 Å². The van der Waals surface area contributed by atoms with E-state index in [4.69, 9.17) is 0 Å². The number of ether oxygens (including phenoxy) is 1. The molecule has 1 atom stereocenters. The van der Waals surface area contributed by atoms with Crippen molar-refractivity contribution in [3.63, 3.8) is 0 Å². The molecule has 1 aliphatic heterocycles. The van der Waals surface area contributed by atoms with Gasteiger partial charge in [0.2, 0.25) is 11.8 Å². The molecular weight excluding hydrogens is 236 g/mol. The Morgan fingerprint density at radius 2 is 2.35 bits per heavy atom. The van der Waals surface area contributed by atoms with Crippen molar-refractivity contribution in [2.24, 2.45) is 0 Å². The molecule has 0 aromatic heterocycles. The second-order valence-electron chi connectivity index (χ2n) is 3.49. The van der Waals surface area contributed by atoms with Crippen molar-refractivity contribution in [1.82, 2.24) is 16.0 Å². The number of halogens is 2. The Hall–Kier alpha value is -1.28. The zero-order chi connectivity index (χ0) is 12.7. The molecule has 1 aliphatic rings. The molecule has 0 saturated carbocycles. The molecule has 98 valence electrons. The second-order valence-corrected chi connectivity index (χ2v) is 3.49. The molecule has 17 heavy (non-hydrogen) atoms. The van der Waals surface area contributed by atoms with Crippen molar-refractivity contribution < 1.29 is 23.1 Å². The third-order valence-electron chi connectivity index (χ3n) is 2.12. The van der Waals surface area contributed by atoms with Gasteiger partial charge < -0.3 is 15.4 Å². The monoisotopic (exact) mass is 251 g/mol. The van der Waals surface area contributed by atoms with E-state index in [1.807, 2.05) is 0 Å². The minimum Gasteiger partial charge on any atom is -0.374 e. The highest BCUT2D eigenvalue weighted by molar-refractivity contribution is 5.86. The van der Waals surface area contributed by atoms with Crippen LogP contribution in [0.15, 0.2) is 0 Å². The molecule has 2 amide bonds. The maximum atomic E-state index is 11.7. The van der Waals surface area contributed by atoms with E-state index in [1.54, 1.807) is 0 Å². The number of alkyl halides is 2. The maximum Gasteiger partial charge on any atom is 0.261 e. The lowest BCUT2D eigenvalue weighted by atomic mass is 10.2. The van der Waals surface area contributed by atoms with Crippen LogP contribution in [0.25, 0.3) is 0 Å². The van der Waals surface area contributed by atoms with E-state index >= 15 is 0 Å². The summed E-state index contributed by atoms with van der Waals surface area (Å²) >= 11 is 0. The molecule has 8 heteroatoms. The molecule has 0 radical (unpaired) electrons. The fraction of sp³-hybridized carbons (Fsp3) is 0.778. The first-order valence-corrected chi connectivity index (χ1v) is 5.23. The van der Waals surface area contributed by atoms with Gasteiger partial charge in [-0.2, -0.15) is 0 Å². The minimum atomic E-state index is -2.50. The predicted molar refractivity (Wildman–Crippen MR) is 54.6 cm³/mol. The summed E-state index contributed by atoms with van der Waals surface area (Å²) in [5.41, 5.74) is 0. The standard InChI is InChI=1S/C9H15F2N3O3/c10-7(11)5-17-2-1-12-9(16)6-3-14-8(15)4-13-6/h6-7,13H,1-5H2,(H,12,16)(H,14,15). The summed E-state index contributed by atoms with van der Waals surface area (Å²) in [6, 6.07) is -0.484. The number of piperazine rings is 1. The van der Waals surface area contributed by atoms with Gasteiger partial charge in [0.05, 0.1) is 13.2 Å². The SMILES string of the molecule is O=C1CNC(C(=O)NCCOCC(F)F)CN1. The van der Waals surface area contributed by atoms with Crippen LogP contribution in [-0.4, -0.2) is 57.1 Å². The summed E-state index contributed by atoms with van der Waals surface area (Å²) in [5, 5.41) is 7.80. The van der Waals surface area contributed by atoms with Gasteiger partial charge in [0.15, 0.2) is 0 Å². The summed E-state index contributed by atoms with van der Waals surface area (Å²) in [6.45, 7) is -0.108. The average molecular weight is 251 g/mol. The molecule has 1 unspecified atom stereocenters. The molecule has 3 N–H and O–H groups in total. The van der Waals surface area contributed by atoms with Crippen molar-refractivity contribution in [2.45, 2.75) is 12.5 Å². The zero-order valence-corrected chi connectivity index (χ0v) is 9.17. The summed E-state index contributed by atoms with van der Waals surface area (Å²) in [5.74, 6) is -0.444. The molecule has 0 aliphatic carbocycles. The van der Waals surface area contributed by atoms with Crippen LogP contribution < -0.4 is 16.0 Å². The smallest absolute Gasteiger partial charge is 0.261 e. The van der Waals surface area contributed by atoms with Crippen LogP contribution in [0.5, 0.6) is 0 Å². The van der Waals surface area contributed by atoms with Gasteiger partial charge in [-0.25, -0.2) is 8.78 Å². The lowest BCUT2D eigenvalue weighted by Gasteiger charge is -2.23. The largest absolute Gasteiger partial charge is 0.374 e. The number of nitrogens with one attached hydrogen (secondary N) is 3. The molecular formula is C9H15F2N3O3. The Kier molecular flexibility index (Phi) is 5.78. The number of carbonyl (C=O) groups is 2. The normalized spacial score (nSPS) is 20.2. The molecule has 1 heterocycles. The number of hydrogen-bond acceptors (Lipinski definition) is 4. The summed E-state index contributed by atoms with van der Waals surface area (Å²) in [4.78, 5) is 22.3. The lowest BCUT2D eigenvalue weighted by molar-refractivity contribution is -0.126. The molecule has 1 rings (SSSR count). The van der Waals surface area contributed by atoms with E-state index in [1.165, 1.54) is 0 Å². The number of hydrogen-bond donors (Lipinski definition) is 3. The van der Waals surface area contributed by atoms with Gasteiger partial charge in [-0.05, 0) is 0 Å². The third kappa shape index (κ3) is 5.55. The highest BCUT2D eigenvalue weighted by Gasteiger charge is 2.23. The van der Waals surface area contributed by atoms with Gasteiger partial charge in [-0.3, -0.25) is 14.9 Å². The van der Waals surface area contributed by atoms with Crippen LogP contribution in [0.4, 0.5) is 8.78 Å². The Morgan fingerprint density at radius 3 is 2.94 bits per heavy atom. The first-order chi connectivity index (χ1) is 8.09. The van der Waals surface area contributed by atoms with Gasteiger partial charge in [0.25, 0.3) is 6.43 Å². The molecule has 0 spiro atoms. The van der Waals surface area contributed by atoms with Crippen molar-refractivity contribution >= 4 is 11.8 Å². The first kappa shape index (κ1) is 13.8. The first-order valence-electron chi connectivity index (χ1n) is 5.23. The van der Waals surface area contributed by atoms with Crippen LogP contribution >= 0.6 is 0 Å². The molecule has 6 nitrogen and oxygen atoms in total. The molecule has 1 saturated heterocycles. The highest BCUT2D eigenvalue weighted by Crippen LogP contribution is 1.92. The van der Waals surface area contributed by atoms with Crippen LogP contribution in [0.2, 0.25) is 0 Å². The van der Waals surface area contributed by atoms with E-state index in [9.17, 15) is 18.4 Å². The quantitative estimate of drug-likeness (QED) is 0.501. The Bertz CT molecular complexity index is 266. The number of rotatable bonds is 6.